The van der Waals surface area contributed by atoms with E-state index in [1.165, 1.54) is 21.9 Å². The van der Waals surface area contributed by atoms with Gasteiger partial charge in [-0.3, -0.25) is 14.4 Å². The van der Waals surface area contributed by atoms with Crippen LogP contribution in [0.1, 0.15) is 28.2 Å². The number of hydrogen-bond acceptors (Lipinski definition) is 8. The Bertz CT molecular complexity index is 1510. The minimum Gasteiger partial charge on any atom is -0.442 e. The Labute approximate surface area is 212 Å². The molecule has 0 spiro atoms. The maximum atomic E-state index is 15.1. The second kappa shape index (κ2) is 9.81. The number of amides is 2. The van der Waals surface area contributed by atoms with Gasteiger partial charge in [-0.15, -0.1) is 0 Å². The van der Waals surface area contributed by atoms with Gasteiger partial charge in [-0.2, -0.15) is 9.46 Å². The van der Waals surface area contributed by atoms with Crippen molar-refractivity contribution in [2.75, 3.05) is 34.8 Å². The lowest BCUT2D eigenvalue weighted by Crippen LogP contribution is -2.27. The normalized spacial score (nSPS) is 21.5. The van der Waals surface area contributed by atoms with Gasteiger partial charge in [0.2, 0.25) is 0 Å². The second-order valence-corrected chi connectivity index (χ2v) is 11.3. The van der Waals surface area contributed by atoms with Crippen LogP contribution in [0.3, 0.4) is 0 Å². The molecule has 11 nitrogen and oxygen atoms in total. The average Bonchev–Trinajstić information content (AvgIpc) is 3.58. The lowest BCUT2D eigenvalue weighted by molar-refractivity contribution is 0.0996. The minimum atomic E-state index is -2.81. The van der Waals surface area contributed by atoms with Crippen LogP contribution in [0.4, 0.5) is 20.7 Å². The first-order valence-corrected chi connectivity index (χ1v) is 13.4. The van der Waals surface area contributed by atoms with Gasteiger partial charge in [0.1, 0.15) is 23.9 Å². The highest BCUT2D eigenvalue weighted by Crippen LogP contribution is 2.30. The molecule has 0 radical (unpaired) electrons. The van der Waals surface area contributed by atoms with E-state index < -0.39 is 33.7 Å². The maximum Gasteiger partial charge on any atom is 0.414 e. The number of hydrogen-bond donors (Lipinski definition) is 1. The fourth-order valence-corrected chi connectivity index (χ4v) is 6.04. The van der Waals surface area contributed by atoms with E-state index in [0.717, 1.165) is 0 Å². The van der Waals surface area contributed by atoms with Crippen molar-refractivity contribution in [2.24, 2.45) is 11.4 Å². The molecule has 4 heterocycles. The summed E-state index contributed by atoms with van der Waals surface area (Å²) in [4.78, 5) is 26.3. The number of nitrogens with zero attached hydrogens (tertiary/aromatic N) is 5. The van der Waals surface area contributed by atoms with Crippen molar-refractivity contribution in [3.8, 4) is 0 Å². The first-order chi connectivity index (χ1) is 17.7. The summed E-state index contributed by atoms with van der Waals surface area (Å²) in [5.74, 6) is -0.370. The van der Waals surface area contributed by atoms with Gasteiger partial charge in [0.25, 0.3) is 0 Å². The summed E-state index contributed by atoms with van der Waals surface area (Å²) in [6, 6.07) is 7.78. The molecule has 2 amide bonds. The van der Waals surface area contributed by atoms with E-state index in [9.17, 15) is 13.8 Å². The van der Waals surface area contributed by atoms with E-state index in [1.54, 1.807) is 44.3 Å². The molecule has 1 saturated heterocycles. The number of ether oxygens (including phenoxy) is 1. The van der Waals surface area contributed by atoms with Gasteiger partial charge in [-0.25, -0.2) is 13.4 Å². The molecule has 1 unspecified atom stereocenters. The molecule has 2 aliphatic rings. The summed E-state index contributed by atoms with van der Waals surface area (Å²) in [6.07, 6.45) is 2.40. The highest BCUT2D eigenvalue weighted by Gasteiger charge is 2.33. The van der Waals surface area contributed by atoms with Crippen LogP contribution in [0, 0.1) is 12.7 Å². The summed E-state index contributed by atoms with van der Waals surface area (Å²) in [5.41, 5.74) is 2.36. The van der Waals surface area contributed by atoms with E-state index in [2.05, 4.69) is 19.9 Å². The number of carbonyl (C=O) groups is 2. The average molecular weight is 529 g/mol. The van der Waals surface area contributed by atoms with Crippen LogP contribution in [0.25, 0.3) is 5.57 Å². The summed E-state index contributed by atoms with van der Waals surface area (Å²) in [6.45, 7) is 2.34. The minimum absolute atomic E-state index is 0.0464. The molecule has 37 heavy (non-hydrogen) atoms. The van der Waals surface area contributed by atoms with E-state index >= 15 is 4.39 Å². The molecule has 1 N–H and O–H groups in total. The number of aryl methyl sites for hydroxylation is 2. The zero-order valence-corrected chi connectivity index (χ0v) is 21.0. The summed E-state index contributed by atoms with van der Waals surface area (Å²) < 4.78 is 43.8. The molecule has 0 saturated carbocycles. The first kappa shape index (κ1) is 24.7. The smallest absolute Gasteiger partial charge is 0.414 e. The van der Waals surface area contributed by atoms with Gasteiger partial charge >= 0.3 is 12.0 Å². The van der Waals surface area contributed by atoms with Gasteiger partial charge in [0.05, 0.1) is 40.0 Å². The van der Waals surface area contributed by atoms with Gasteiger partial charge in [0.15, 0.2) is 5.82 Å². The standard InChI is InChI=1S/C24H25FN6O5S/c1-15-11-21(30(2)27-15)23(32)29-37(34)9-6-16(7-10-37)19-4-3-17(12-20(19)25)31-14-18(36-24(31)33)13-26-22-5-8-35-28-22/h3-6,8,11-12,18H,7,9-10,13-14H2,1-2H3,(H,26,28)/t18-,37?/m0/s1. The van der Waals surface area contributed by atoms with Crippen molar-refractivity contribution in [1.29, 1.82) is 0 Å². The van der Waals surface area contributed by atoms with Crippen LogP contribution in [0.2, 0.25) is 0 Å². The van der Waals surface area contributed by atoms with Crippen LogP contribution in [-0.4, -0.2) is 61.8 Å². The van der Waals surface area contributed by atoms with Crippen LogP contribution in [-0.2, 0) is 21.5 Å². The highest BCUT2D eigenvalue weighted by molar-refractivity contribution is 7.94. The van der Waals surface area contributed by atoms with Crippen molar-refractivity contribution >= 4 is 38.8 Å². The van der Waals surface area contributed by atoms with Gasteiger partial charge in [-0.1, -0.05) is 11.2 Å². The molecular weight excluding hydrogens is 503 g/mol. The number of nitrogens with one attached hydrogen (secondary N) is 1. The monoisotopic (exact) mass is 528 g/mol. The predicted molar refractivity (Wildman–Crippen MR) is 134 cm³/mol. The lowest BCUT2D eigenvalue weighted by atomic mass is 10.0. The van der Waals surface area contributed by atoms with E-state index in [4.69, 9.17) is 9.26 Å². The molecule has 1 aromatic carbocycles. The predicted octanol–water partition coefficient (Wildman–Crippen LogP) is 3.39. The SMILES string of the molecule is Cc1cc(C(=O)N=S2(=O)CC=C(c3ccc(N4C[C@H](CNc5ccon5)OC4=O)cc3F)CC2)n(C)n1. The lowest BCUT2D eigenvalue weighted by Gasteiger charge is -2.19. The molecule has 2 atom stereocenters. The number of benzene rings is 1. The van der Waals surface area contributed by atoms with Crippen LogP contribution in [0.5, 0.6) is 0 Å². The molecule has 3 aromatic rings. The highest BCUT2D eigenvalue weighted by atomic mass is 32.2. The number of aromatic nitrogens is 3. The van der Waals surface area contributed by atoms with Crippen molar-refractivity contribution in [3.05, 3.63) is 65.4 Å². The third kappa shape index (κ3) is 5.26. The fraction of sp³-hybridized carbons (Fsp3) is 0.333. The summed E-state index contributed by atoms with van der Waals surface area (Å²) in [5, 5.41) is 10.9. The first-order valence-electron chi connectivity index (χ1n) is 11.6. The zero-order valence-electron chi connectivity index (χ0n) is 20.2. The molecule has 1 fully saturated rings. The Morgan fingerprint density at radius 3 is 2.81 bits per heavy atom. The molecule has 2 aromatic heterocycles. The Morgan fingerprint density at radius 2 is 2.16 bits per heavy atom. The van der Waals surface area contributed by atoms with Gasteiger partial charge in [-0.05, 0) is 43.2 Å². The number of carbonyl (C=O) groups excluding carboxylic acids is 2. The number of cyclic esters (lactones) is 1. The van der Waals surface area contributed by atoms with Crippen LogP contribution >= 0.6 is 0 Å². The largest absolute Gasteiger partial charge is 0.442 e. The van der Waals surface area contributed by atoms with Gasteiger partial charge < -0.3 is 14.6 Å². The van der Waals surface area contributed by atoms with Crippen molar-refractivity contribution in [1.82, 2.24) is 14.9 Å². The fourth-order valence-electron chi connectivity index (χ4n) is 4.31. The molecule has 5 rings (SSSR count). The van der Waals surface area contributed by atoms with Gasteiger partial charge in [0, 0.05) is 24.4 Å². The summed E-state index contributed by atoms with van der Waals surface area (Å²) >= 11 is 0. The Balaban J connectivity index is 1.26. The van der Waals surface area contributed by atoms with Crippen LogP contribution in [0.15, 0.2) is 51.6 Å². The van der Waals surface area contributed by atoms with E-state index in [-0.39, 0.29) is 23.7 Å². The number of allylic oxidation sites excluding steroid dienone is 1. The van der Waals surface area contributed by atoms with Crippen molar-refractivity contribution in [2.45, 2.75) is 19.4 Å². The molecule has 0 aliphatic carbocycles. The van der Waals surface area contributed by atoms with Crippen LogP contribution < -0.4 is 10.2 Å². The number of anilines is 2. The molecule has 13 heteroatoms. The number of halogens is 1. The molecule has 0 bridgehead atoms. The molecule has 194 valence electrons. The Morgan fingerprint density at radius 1 is 1.32 bits per heavy atom. The van der Waals surface area contributed by atoms with E-state index in [1.807, 2.05) is 0 Å². The van der Waals surface area contributed by atoms with E-state index in [0.29, 0.717) is 41.3 Å². The quantitative estimate of drug-likeness (QED) is 0.515. The third-order valence-corrected chi connectivity index (χ3v) is 8.21. The summed E-state index contributed by atoms with van der Waals surface area (Å²) in [7, 11) is -1.18. The molecule has 2 aliphatic heterocycles. The number of rotatable bonds is 6. The van der Waals surface area contributed by atoms with Crippen molar-refractivity contribution in [3.63, 3.8) is 0 Å². The second-order valence-electron chi connectivity index (χ2n) is 8.86. The molecular formula is C24H25FN6O5S. The Hall–Kier alpha value is -4.00. The Kier molecular flexibility index (Phi) is 6.54. The topological polar surface area (TPSA) is 132 Å². The maximum absolute atomic E-state index is 15.1. The zero-order chi connectivity index (χ0) is 26.2. The third-order valence-electron chi connectivity index (χ3n) is 6.18. The van der Waals surface area contributed by atoms with Crippen molar-refractivity contribution < 1.29 is 27.4 Å².